The highest BCUT2D eigenvalue weighted by atomic mass is 16.5. The highest BCUT2D eigenvalue weighted by Crippen LogP contribution is 2.21. The average molecular weight is 379 g/mol. The minimum Gasteiger partial charge on any atom is -0.494 e. The van der Waals surface area contributed by atoms with Crippen LogP contribution >= 0.6 is 0 Å². The van der Waals surface area contributed by atoms with E-state index in [9.17, 15) is 9.59 Å². The summed E-state index contributed by atoms with van der Waals surface area (Å²) in [5.74, 6) is 0.577. The third-order valence-corrected chi connectivity index (χ3v) is 4.29. The van der Waals surface area contributed by atoms with Crippen molar-refractivity contribution in [2.45, 2.75) is 33.2 Å². The lowest BCUT2D eigenvalue weighted by Gasteiger charge is -2.08. The minimum absolute atomic E-state index is 0.00631. The first kappa shape index (κ1) is 19.5. The Bertz CT molecular complexity index is 978. The number of fused-ring (bicyclic) bond motifs is 1. The van der Waals surface area contributed by atoms with E-state index in [1.54, 1.807) is 0 Å². The molecule has 0 radical (unpaired) electrons. The lowest BCUT2D eigenvalue weighted by molar-refractivity contribution is -0.116. The topological polar surface area (TPSA) is 83.2 Å². The second kappa shape index (κ2) is 9.08. The molecular formula is C22H25N3O3. The zero-order valence-electron chi connectivity index (χ0n) is 16.2. The van der Waals surface area contributed by atoms with E-state index in [-0.39, 0.29) is 11.8 Å². The summed E-state index contributed by atoms with van der Waals surface area (Å²) in [5.41, 5.74) is 3.00. The second-order valence-electron chi connectivity index (χ2n) is 6.55. The Morgan fingerprint density at radius 1 is 1.07 bits per heavy atom. The standard InChI is InChI=1S/C22H25N3O3/c1-3-6-21(26)24-17-8-5-7-15(11-17)14-23-22(27)20-12-16-9-10-18(28-4-2)13-19(16)25-20/h5,7-13,25H,3-4,6,14H2,1-2H3,(H,23,27)(H,24,26). The van der Waals surface area contributed by atoms with Crippen LogP contribution in [0.15, 0.2) is 48.5 Å². The van der Waals surface area contributed by atoms with E-state index in [4.69, 9.17) is 4.74 Å². The Morgan fingerprint density at radius 3 is 2.71 bits per heavy atom. The fraction of sp³-hybridized carbons (Fsp3) is 0.273. The maximum absolute atomic E-state index is 12.5. The molecule has 6 nitrogen and oxygen atoms in total. The average Bonchev–Trinajstić information content (AvgIpc) is 3.10. The quantitative estimate of drug-likeness (QED) is 0.547. The molecular weight excluding hydrogens is 354 g/mol. The largest absolute Gasteiger partial charge is 0.494 e. The lowest BCUT2D eigenvalue weighted by atomic mass is 10.2. The highest BCUT2D eigenvalue weighted by Gasteiger charge is 2.10. The summed E-state index contributed by atoms with van der Waals surface area (Å²) >= 11 is 0. The van der Waals surface area contributed by atoms with Crippen molar-refractivity contribution < 1.29 is 14.3 Å². The Labute approximate surface area is 164 Å². The van der Waals surface area contributed by atoms with Crippen LogP contribution in [0.3, 0.4) is 0 Å². The van der Waals surface area contributed by atoms with E-state index in [1.807, 2.05) is 62.4 Å². The van der Waals surface area contributed by atoms with Gasteiger partial charge in [0.15, 0.2) is 0 Å². The number of amides is 2. The molecule has 1 aromatic heterocycles. The van der Waals surface area contributed by atoms with Crippen LogP contribution in [0, 0.1) is 0 Å². The second-order valence-corrected chi connectivity index (χ2v) is 6.55. The molecule has 3 rings (SSSR count). The number of hydrogen-bond donors (Lipinski definition) is 3. The molecule has 0 saturated heterocycles. The summed E-state index contributed by atoms with van der Waals surface area (Å²) in [6, 6.07) is 15.0. The zero-order chi connectivity index (χ0) is 19.9. The van der Waals surface area contributed by atoms with Gasteiger partial charge in [-0.2, -0.15) is 0 Å². The first-order chi connectivity index (χ1) is 13.6. The molecule has 0 fully saturated rings. The van der Waals surface area contributed by atoms with Crippen LogP contribution in [0.5, 0.6) is 5.75 Å². The molecule has 0 aliphatic carbocycles. The molecule has 0 bridgehead atoms. The van der Waals surface area contributed by atoms with Crippen molar-refractivity contribution in [1.29, 1.82) is 0 Å². The molecule has 2 aromatic carbocycles. The number of ether oxygens (including phenoxy) is 1. The number of carbonyl (C=O) groups excluding carboxylic acids is 2. The third kappa shape index (κ3) is 4.91. The molecule has 2 amide bonds. The van der Waals surface area contributed by atoms with Gasteiger partial charge in [0.2, 0.25) is 5.91 Å². The molecule has 0 atom stereocenters. The van der Waals surface area contributed by atoms with Crippen LogP contribution in [0.2, 0.25) is 0 Å². The number of rotatable bonds is 8. The number of benzene rings is 2. The summed E-state index contributed by atoms with van der Waals surface area (Å²) in [7, 11) is 0. The predicted octanol–water partition coefficient (Wildman–Crippen LogP) is 4.24. The molecule has 146 valence electrons. The van der Waals surface area contributed by atoms with Gasteiger partial charge in [-0.1, -0.05) is 19.1 Å². The smallest absolute Gasteiger partial charge is 0.267 e. The number of aromatic nitrogens is 1. The van der Waals surface area contributed by atoms with Gasteiger partial charge in [0.1, 0.15) is 11.4 Å². The van der Waals surface area contributed by atoms with E-state index < -0.39 is 0 Å². The Kier molecular flexibility index (Phi) is 6.32. The number of H-pyrrole nitrogens is 1. The Morgan fingerprint density at radius 2 is 1.93 bits per heavy atom. The number of carbonyl (C=O) groups is 2. The van der Waals surface area contributed by atoms with E-state index in [1.165, 1.54) is 0 Å². The summed E-state index contributed by atoms with van der Waals surface area (Å²) < 4.78 is 5.49. The van der Waals surface area contributed by atoms with E-state index in [0.29, 0.717) is 25.3 Å². The van der Waals surface area contributed by atoms with Crippen molar-refractivity contribution in [1.82, 2.24) is 10.3 Å². The van der Waals surface area contributed by atoms with Gasteiger partial charge < -0.3 is 20.4 Å². The normalized spacial score (nSPS) is 10.6. The molecule has 0 saturated carbocycles. The molecule has 3 aromatic rings. The number of aromatic amines is 1. The van der Waals surface area contributed by atoms with Gasteiger partial charge in [0.25, 0.3) is 5.91 Å². The van der Waals surface area contributed by atoms with Crippen molar-refractivity contribution in [2.75, 3.05) is 11.9 Å². The highest BCUT2D eigenvalue weighted by molar-refractivity contribution is 5.98. The molecule has 0 aliphatic rings. The first-order valence-electron chi connectivity index (χ1n) is 9.51. The van der Waals surface area contributed by atoms with Crippen LogP contribution < -0.4 is 15.4 Å². The SMILES string of the molecule is CCCC(=O)Nc1cccc(CNC(=O)c2cc3ccc(OCC)cc3[nH]2)c1. The van der Waals surface area contributed by atoms with Crippen molar-refractivity contribution in [3.8, 4) is 5.75 Å². The van der Waals surface area contributed by atoms with Crippen molar-refractivity contribution >= 4 is 28.4 Å². The Balaban J connectivity index is 1.64. The Hall–Kier alpha value is -3.28. The van der Waals surface area contributed by atoms with E-state index in [2.05, 4.69) is 15.6 Å². The van der Waals surface area contributed by atoms with Gasteiger partial charge in [0.05, 0.1) is 6.61 Å². The van der Waals surface area contributed by atoms with Gasteiger partial charge >= 0.3 is 0 Å². The molecule has 0 unspecified atom stereocenters. The summed E-state index contributed by atoms with van der Waals surface area (Å²) in [4.78, 5) is 27.4. The molecule has 0 spiro atoms. The number of anilines is 1. The first-order valence-corrected chi connectivity index (χ1v) is 9.51. The molecule has 1 heterocycles. The van der Waals surface area contributed by atoms with Gasteiger partial charge in [-0.25, -0.2) is 0 Å². The minimum atomic E-state index is -0.186. The summed E-state index contributed by atoms with van der Waals surface area (Å²) in [6.07, 6.45) is 1.30. The van der Waals surface area contributed by atoms with Crippen LogP contribution in [-0.2, 0) is 11.3 Å². The number of hydrogen-bond acceptors (Lipinski definition) is 3. The van der Waals surface area contributed by atoms with Gasteiger partial charge in [-0.05, 0) is 49.2 Å². The van der Waals surface area contributed by atoms with Crippen molar-refractivity contribution in [3.63, 3.8) is 0 Å². The molecule has 3 N–H and O–H groups in total. The lowest BCUT2D eigenvalue weighted by Crippen LogP contribution is -2.23. The van der Waals surface area contributed by atoms with Crippen molar-refractivity contribution in [3.05, 3.63) is 59.8 Å². The maximum atomic E-state index is 12.5. The van der Waals surface area contributed by atoms with Gasteiger partial charge in [0, 0.05) is 35.6 Å². The monoisotopic (exact) mass is 379 g/mol. The van der Waals surface area contributed by atoms with Crippen LogP contribution in [0.1, 0.15) is 42.7 Å². The van der Waals surface area contributed by atoms with Crippen LogP contribution in [0.4, 0.5) is 5.69 Å². The molecule has 6 heteroatoms. The van der Waals surface area contributed by atoms with E-state index >= 15 is 0 Å². The molecule has 0 aliphatic heterocycles. The fourth-order valence-electron chi connectivity index (χ4n) is 2.97. The number of nitrogens with one attached hydrogen (secondary N) is 3. The summed E-state index contributed by atoms with van der Waals surface area (Å²) in [6.45, 7) is 4.86. The van der Waals surface area contributed by atoms with Crippen molar-refractivity contribution in [2.24, 2.45) is 0 Å². The zero-order valence-corrected chi connectivity index (χ0v) is 16.2. The fourth-order valence-corrected chi connectivity index (χ4v) is 2.97. The van der Waals surface area contributed by atoms with Gasteiger partial charge in [-0.3, -0.25) is 9.59 Å². The molecule has 28 heavy (non-hydrogen) atoms. The predicted molar refractivity (Wildman–Crippen MR) is 111 cm³/mol. The van der Waals surface area contributed by atoms with Crippen LogP contribution in [0.25, 0.3) is 10.9 Å². The summed E-state index contributed by atoms with van der Waals surface area (Å²) in [5, 5.41) is 6.73. The third-order valence-electron chi connectivity index (χ3n) is 4.29. The van der Waals surface area contributed by atoms with Crippen LogP contribution in [-0.4, -0.2) is 23.4 Å². The maximum Gasteiger partial charge on any atom is 0.267 e. The van der Waals surface area contributed by atoms with Gasteiger partial charge in [-0.15, -0.1) is 0 Å². The van der Waals surface area contributed by atoms with E-state index in [0.717, 1.165) is 34.3 Å².